The number of esters is 1. The standard InChI is InChI=1S/C26H36O7S/c1-30-25(27)17-16-23-22(12-5-3-4-7-19-32-26-15-6-8-20-33-26)13-11-14-24(23)31-18-9-10-21-34(2,28)29/h11,13-14,16-17,26H,3-4,6-10,15,18-21H2,1-2H3. The fourth-order valence-electron chi connectivity index (χ4n) is 3.35. The van der Waals surface area contributed by atoms with E-state index in [2.05, 4.69) is 11.8 Å². The lowest BCUT2D eigenvalue weighted by atomic mass is 10.1. The zero-order valence-corrected chi connectivity index (χ0v) is 21.0. The van der Waals surface area contributed by atoms with Crippen LogP contribution in [0.25, 0.3) is 6.08 Å². The number of benzene rings is 1. The van der Waals surface area contributed by atoms with Gasteiger partial charge in [-0.15, -0.1) is 0 Å². The van der Waals surface area contributed by atoms with E-state index in [1.807, 2.05) is 18.2 Å². The number of methoxy groups -OCH3 is 1. The Morgan fingerprint density at radius 1 is 1.18 bits per heavy atom. The molecule has 1 aliphatic rings. The first-order valence-corrected chi connectivity index (χ1v) is 13.9. The quantitative estimate of drug-likeness (QED) is 0.177. The highest BCUT2D eigenvalue weighted by Crippen LogP contribution is 2.24. The summed E-state index contributed by atoms with van der Waals surface area (Å²) in [6, 6.07) is 5.54. The summed E-state index contributed by atoms with van der Waals surface area (Å²) in [7, 11) is -1.66. The van der Waals surface area contributed by atoms with Crippen molar-refractivity contribution < 1.29 is 32.2 Å². The molecule has 0 saturated carbocycles. The Hall–Kier alpha value is -2.34. The fraction of sp³-hybridized carbons (Fsp3) is 0.577. The van der Waals surface area contributed by atoms with Crippen LogP contribution in [-0.4, -0.2) is 59.6 Å². The van der Waals surface area contributed by atoms with Gasteiger partial charge in [-0.3, -0.25) is 0 Å². The van der Waals surface area contributed by atoms with Gasteiger partial charge in [-0.1, -0.05) is 17.9 Å². The number of unbranched alkanes of at least 4 members (excludes halogenated alkanes) is 3. The van der Waals surface area contributed by atoms with E-state index < -0.39 is 15.8 Å². The highest BCUT2D eigenvalue weighted by molar-refractivity contribution is 7.90. The van der Waals surface area contributed by atoms with Crippen molar-refractivity contribution in [2.45, 2.75) is 57.7 Å². The molecule has 0 aliphatic carbocycles. The normalized spacial score (nSPS) is 16.1. The summed E-state index contributed by atoms with van der Waals surface area (Å²) < 4.78 is 44.4. The molecule has 8 heteroatoms. The Morgan fingerprint density at radius 2 is 2.00 bits per heavy atom. The van der Waals surface area contributed by atoms with Crippen molar-refractivity contribution in [2.24, 2.45) is 0 Å². The number of carbonyl (C=O) groups excluding carboxylic acids is 1. The molecule has 34 heavy (non-hydrogen) atoms. The van der Waals surface area contributed by atoms with E-state index in [0.29, 0.717) is 37.4 Å². The highest BCUT2D eigenvalue weighted by Gasteiger charge is 2.13. The minimum absolute atomic E-state index is 0.0573. The predicted octanol–water partition coefficient (Wildman–Crippen LogP) is 4.14. The second kappa shape index (κ2) is 15.5. The maximum atomic E-state index is 11.6. The zero-order chi connectivity index (χ0) is 24.7. The van der Waals surface area contributed by atoms with E-state index in [1.54, 1.807) is 6.08 Å². The van der Waals surface area contributed by atoms with Gasteiger partial charge in [0.05, 0.1) is 19.5 Å². The molecule has 1 aromatic rings. The number of sulfone groups is 1. The molecular formula is C26H36O7S. The molecule has 7 nitrogen and oxygen atoms in total. The van der Waals surface area contributed by atoms with Crippen LogP contribution < -0.4 is 4.74 Å². The molecule has 0 aromatic heterocycles. The van der Waals surface area contributed by atoms with Gasteiger partial charge < -0.3 is 18.9 Å². The van der Waals surface area contributed by atoms with Crippen LogP contribution in [0, 0.1) is 11.8 Å². The van der Waals surface area contributed by atoms with Crippen molar-refractivity contribution in [2.75, 3.05) is 38.9 Å². The van der Waals surface area contributed by atoms with Gasteiger partial charge in [-0.25, -0.2) is 13.2 Å². The lowest BCUT2D eigenvalue weighted by Gasteiger charge is -2.22. The molecule has 1 fully saturated rings. The number of hydrogen-bond donors (Lipinski definition) is 0. The lowest BCUT2D eigenvalue weighted by Crippen LogP contribution is -2.22. The maximum Gasteiger partial charge on any atom is 0.330 e. The van der Waals surface area contributed by atoms with E-state index in [4.69, 9.17) is 18.9 Å². The van der Waals surface area contributed by atoms with Crippen LogP contribution in [0.1, 0.15) is 62.5 Å². The first-order chi connectivity index (χ1) is 16.4. The van der Waals surface area contributed by atoms with E-state index in [0.717, 1.165) is 50.7 Å². The molecule has 2 rings (SSSR count). The summed E-state index contributed by atoms with van der Waals surface area (Å²) in [5, 5.41) is 0. The van der Waals surface area contributed by atoms with Crippen LogP contribution in [0.4, 0.5) is 0 Å². The first kappa shape index (κ1) is 27.9. The Balaban J connectivity index is 1.91. The Morgan fingerprint density at radius 3 is 2.74 bits per heavy atom. The van der Waals surface area contributed by atoms with Gasteiger partial charge >= 0.3 is 5.97 Å². The lowest BCUT2D eigenvalue weighted by molar-refractivity contribution is -0.162. The topological polar surface area (TPSA) is 88.1 Å². The predicted molar refractivity (Wildman–Crippen MR) is 132 cm³/mol. The molecule has 0 spiro atoms. The number of carbonyl (C=O) groups is 1. The molecule has 1 atom stereocenters. The number of rotatable bonds is 13. The van der Waals surface area contributed by atoms with Gasteiger partial charge in [0.15, 0.2) is 6.29 Å². The molecule has 0 radical (unpaired) electrons. The van der Waals surface area contributed by atoms with Crippen molar-refractivity contribution >= 4 is 21.9 Å². The summed E-state index contributed by atoms with van der Waals surface area (Å²) in [5.41, 5.74) is 1.45. The van der Waals surface area contributed by atoms with E-state index in [1.165, 1.54) is 19.4 Å². The summed E-state index contributed by atoms with van der Waals surface area (Å²) in [5.74, 6) is 6.63. The Kier molecular flexibility index (Phi) is 12.8. The van der Waals surface area contributed by atoms with Gasteiger partial charge in [-0.05, 0) is 63.2 Å². The van der Waals surface area contributed by atoms with Crippen LogP contribution in [0.2, 0.25) is 0 Å². The van der Waals surface area contributed by atoms with Gasteiger partial charge in [-0.2, -0.15) is 0 Å². The van der Waals surface area contributed by atoms with Crippen LogP contribution in [-0.2, 0) is 28.8 Å². The van der Waals surface area contributed by atoms with Crippen molar-refractivity contribution in [1.82, 2.24) is 0 Å². The van der Waals surface area contributed by atoms with E-state index >= 15 is 0 Å². The van der Waals surface area contributed by atoms with Crippen LogP contribution >= 0.6 is 0 Å². The Labute approximate surface area is 203 Å². The summed E-state index contributed by atoms with van der Waals surface area (Å²) in [4.78, 5) is 11.6. The zero-order valence-electron chi connectivity index (χ0n) is 20.2. The van der Waals surface area contributed by atoms with Gasteiger partial charge in [0.1, 0.15) is 15.6 Å². The molecule has 1 aromatic carbocycles. The third-order valence-corrected chi connectivity index (χ3v) is 6.21. The molecule has 1 aliphatic heterocycles. The molecule has 1 heterocycles. The number of hydrogen-bond acceptors (Lipinski definition) is 7. The fourth-order valence-corrected chi connectivity index (χ4v) is 4.08. The third-order valence-electron chi connectivity index (χ3n) is 5.18. The third kappa shape index (κ3) is 11.7. The average molecular weight is 493 g/mol. The van der Waals surface area contributed by atoms with Crippen molar-refractivity contribution in [1.29, 1.82) is 0 Å². The van der Waals surface area contributed by atoms with E-state index in [9.17, 15) is 13.2 Å². The Bertz CT molecular complexity index is 951. The largest absolute Gasteiger partial charge is 0.493 e. The summed E-state index contributed by atoms with van der Waals surface area (Å²) >= 11 is 0. The van der Waals surface area contributed by atoms with Gasteiger partial charge in [0.2, 0.25) is 0 Å². The number of ether oxygens (including phenoxy) is 4. The van der Waals surface area contributed by atoms with Crippen LogP contribution in [0.15, 0.2) is 24.3 Å². The average Bonchev–Trinajstić information content (AvgIpc) is 2.82. The minimum atomic E-state index is -2.98. The van der Waals surface area contributed by atoms with Crippen molar-refractivity contribution in [3.63, 3.8) is 0 Å². The van der Waals surface area contributed by atoms with Gasteiger partial charge in [0.25, 0.3) is 0 Å². The second-order valence-electron chi connectivity index (χ2n) is 8.19. The van der Waals surface area contributed by atoms with Crippen molar-refractivity contribution in [3.8, 4) is 17.6 Å². The first-order valence-electron chi connectivity index (χ1n) is 11.8. The maximum absolute atomic E-state index is 11.6. The van der Waals surface area contributed by atoms with Gasteiger partial charge in [0, 0.05) is 43.1 Å². The second-order valence-corrected chi connectivity index (χ2v) is 10.4. The molecule has 188 valence electrons. The molecule has 1 unspecified atom stereocenters. The molecule has 0 amide bonds. The van der Waals surface area contributed by atoms with Crippen LogP contribution in [0.3, 0.4) is 0 Å². The molecular weight excluding hydrogens is 456 g/mol. The smallest absolute Gasteiger partial charge is 0.330 e. The van der Waals surface area contributed by atoms with E-state index in [-0.39, 0.29) is 12.0 Å². The van der Waals surface area contributed by atoms with Crippen molar-refractivity contribution in [3.05, 3.63) is 35.4 Å². The molecule has 0 N–H and O–H groups in total. The monoisotopic (exact) mass is 492 g/mol. The SMILES string of the molecule is COC(=O)C=Cc1c(C#CCCCCOC2CCCCO2)cccc1OCCCCS(C)(=O)=O. The molecule has 1 saturated heterocycles. The highest BCUT2D eigenvalue weighted by atomic mass is 32.2. The summed E-state index contributed by atoms with van der Waals surface area (Å²) in [6.07, 6.45) is 11.1. The van der Waals surface area contributed by atoms with Crippen LogP contribution in [0.5, 0.6) is 5.75 Å². The minimum Gasteiger partial charge on any atom is -0.493 e. The molecule has 0 bridgehead atoms. The summed E-state index contributed by atoms with van der Waals surface area (Å²) in [6.45, 7) is 1.82.